The number of ether oxygens (including phenoxy) is 3. The second-order valence-corrected chi connectivity index (χ2v) is 16.7. The van der Waals surface area contributed by atoms with Crippen molar-refractivity contribution in [1.82, 2.24) is 39.0 Å². The van der Waals surface area contributed by atoms with Crippen LogP contribution in [-0.2, 0) is 48.7 Å². The zero-order valence-electron chi connectivity index (χ0n) is 23.2. The fourth-order valence-corrected chi connectivity index (χ4v) is 9.12. The van der Waals surface area contributed by atoms with Gasteiger partial charge in [0.1, 0.15) is 47.6 Å². The van der Waals surface area contributed by atoms with Gasteiger partial charge in [-0.05, 0) is 11.8 Å². The fraction of sp³-hybridized carbons (Fsp3) is 0.545. The molecule has 23 heteroatoms. The molecule has 4 saturated heterocycles. The van der Waals surface area contributed by atoms with Crippen LogP contribution in [0.2, 0.25) is 0 Å². The number of hydrogen-bond acceptors (Lipinski definition) is 17. The van der Waals surface area contributed by atoms with E-state index in [0.29, 0.717) is 22.3 Å². The van der Waals surface area contributed by atoms with Gasteiger partial charge in [0, 0.05) is 5.92 Å². The van der Waals surface area contributed by atoms with Crippen LogP contribution >= 0.6 is 25.8 Å². The monoisotopic (exact) mass is 700 g/mol. The molecule has 4 aliphatic heterocycles. The lowest BCUT2D eigenvalue weighted by molar-refractivity contribution is -0.182. The highest BCUT2D eigenvalue weighted by Crippen LogP contribution is 2.61. The number of hydrogen-bond donors (Lipinski definition) is 4. The Morgan fingerprint density at radius 1 is 0.956 bits per heavy atom. The van der Waals surface area contributed by atoms with Gasteiger partial charge in [0.05, 0.1) is 38.6 Å². The van der Waals surface area contributed by atoms with Crippen molar-refractivity contribution in [2.45, 2.75) is 49.4 Å². The quantitative estimate of drug-likeness (QED) is 0.169. The van der Waals surface area contributed by atoms with Gasteiger partial charge in [-0.25, -0.2) is 34.5 Å². The van der Waals surface area contributed by atoms with Crippen LogP contribution in [0.25, 0.3) is 22.3 Å². The van der Waals surface area contributed by atoms with E-state index in [1.54, 1.807) is 16.1 Å². The zero-order chi connectivity index (χ0) is 31.3. The minimum absolute atomic E-state index is 0.0535. The van der Waals surface area contributed by atoms with E-state index in [-0.39, 0.29) is 31.5 Å². The molecule has 4 aromatic heterocycles. The van der Waals surface area contributed by atoms with Gasteiger partial charge in [-0.3, -0.25) is 22.7 Å². The first-order valence-electron chi connectivity index (χ1n) is 13.6. The summed E-state index contributed by atoms with van der Waals surface area (Å²) >= 11 is 9.75. The standard InChI is InChI=1S/C22H26N10O9P2S2/c1-9-10-2-36-42(33,44)41-15-14-21(32-8-30-12-17(24)26-6-28-19(12)32)39-22(15,3-35-14)4-37-43(34,45)40-13(9)20(38-10)31-7-29-11-16(23)25-5-27-18(11)31/h5-10,13-15,20-21H,2-4H2,1H3,(H,33,44)(H,34,45)(H2,23,25,27)(H2,24,26,28)/t9-,10-,13-,14-,15+,20-,21-,22-,42?,43?/m1/s1. The molecule has 8 rings (SSSR count). The summed E-state index contributed by atoms with van der Waals surface area (Å²) in [5.41, 5.74) is 12.0. The third-order valence-corrected chi connectivity index (χ3v) is 11.5. The summed E-state index contributed by atoms with van der Waals surface area (Å²) in [5, 5.41) is 0. The molecule has 0 aromatic carbocycles. The highest BCUT2D eigenvalue weighted by atomic mass is 32.7. The Morgan fingerprint density at radius 2 is 1.60 bits per heavy atom. The third kappa shape index (κ3) is 4.88. The summed E-state index contributed by atoms with van der Waals surface area (Å²) in [6, 6.07) is 0. The number of imidazole rings is 2. The average Bonchev–Trinajstić information content (AvgIpc) is 3.80. The Labute approximate surface area is 263 Å². The van der Waals surface area contributed by atoms with Gasteiger partial charge < -0.3 is 35.1 Å². The summed E-state index contributed by atoms with van der Waals surface area (Å²) in [4.78, 5) is 36.4. The van der Waals surface area contributed by atoms with Crippen molar-refractivity contribution in [3.05, 3.63) is 25.3 Å². The van der Waals surface area contributed by atoms with Gasteiger partial charge in [-0.1, -0.05) is 19.2 Å². The van der Waals surface area contributed by atoms with E-state index in [2.05, 4.69) is 42.2 Å². The van der Waals surface area contributed by atoms with Crippen LogP contribution in [0.15, 0.2) is 25.3 Å². The second-order valence-electron chi connectivity index (χ2n) is 11.0. The first-order chi connectivity index (χ1) is 21.5. The number of nitrogens with zero attached hydrogens (tertiary/aromatic N) is 8. The highest BCUT2D eigenvalue weighted by Gasteiger charge is 2.65. The van der Waals surface area contributed by atoms with Crippen molar-refractivity contribution >= 4 is 71.5 Å². The normalized spacial score (nSPS) is 40.3. The molecule has 0 saturated carbocycles. The molecule has 0 amide bonds. The minimum atomic E-state index is -4.13. The van der Waals surface area contributed by atoms with Crippen molar-refractivity contribution in [2.75, 3.05) is 31.3 Å². The lowest BCUT2D eigenvalue weighted by Crippen LogP contribution is -2.45. The van der Waals surface area contributed by atoms with Crippen molar-refractivity contribution in [3.63, 3.8) is 0 Å². The van der Waals surface area contributed by atoms with Gasteiger partial charge in [0.15, 0.2) is 35.4 Å². The molecular formula is C22H26N10O9P2S2. The Morgan fingerprint density at radius 3 is 2.27 bits per heavy atom. The molecule has 4 aromatic rings. The summed E-state index contributed by atoms with van der Waals surface area (Å²) in [7, 11) is 0. The minimum Gasteiger partial charge on any atom is -0.382 e. The number of thiol groups is 1. The largest absolute Gasteiger partial charge is 0.386 e. The molecule has 0 aliphatic carbocycles. The number of aromatic nitrogens is 8. The average molecular weight is 701 g/mol. The molecule has 8 heterocycles. The van der Waals surface area contributed by atoms with Crippen LogP contribution < -0.4 is 11.5 Å². The van der Waals surface area contributed by atoms with E-state index in [1.165, 1.54) is 25.3 Å². The number of nitrogen functional groups attached to an aromatic ring is 2. The molecule has 0 radical (unpaired) electrons. The predicted octanol–water partition coefficient (Wildman–Crippen LogP) is 1.10. The Bertz CT molecular complexity index is 1920. The third-order valence-electron chi connectivity index (χ3n) is 8.37. The van der Waals surface area contributed by atoms with E-state index in [4.69, 9.17) is 55.6 Å². The number of fused-ring (bicyclic) bond motifs is 4. The zero-order valence-corrected chi connectivity index (χ0v) is 26.7. The van der Waals surface area contributed by atoms with Gasteiger partial charge in [-0.2, -0.15) is 0 Å². The van der Waals surface area contributed by atoms with Crippen LogP contribution in [0.1, 0.15) is 19.4 Å². The van der Waals surface area contributed by atoms with Crippen LogP contribution in [-0.4, -0.2) is 93.8 Å². The van der Waals surface area contributed by atoms with E-state index < -0.39 is 61.9 Å². The summed E-state index contributed by atoms with van der Waals surface area (Å²) in [5.74, 6) is -0.112. The highest BCUT2D eigenvalue weighted by molar-refractivity contribution is 8.44. The number of rotatable bonds is 2. The first kappa shape index (κ1) is 30.0. The molecular weight excluding hydrogens is 674 g/mol. The molecule has 4 aliphatic rings. The molecule has 240 valence electrons. The van der Waals surface area contributed by atoms with Crippen LogP contribution in [0, 0.1) is 5.92 Å². The summed E-state index contributed by atoms with van der Waals surface area (Å²) in [6.45, 7) is -6.90. The molecule has 19 nitrogen and oxygen atoms in total. The Kier molecular flexibility index (Phi) is 7.03. The van der Waals surface area contributed by atoms with Gasteiger partial charge in [0.2, 0.25) is 0 Å². The summed E-state index contributed by atoms with van der Waals surface area (Å²) < 4.78 is 59.7. The van der Waals surface area contributed by atoms with Crippen LogP contribution in [0.5, 0.6) is 0 Å². The van der Waals surface area contributed by atoms with E-state index >= 15 is 0 Å². The molecule has 2 unspecified atom stereocenters. The SMILES string of the molecule is C[C@H]1[C@H]2OP(=O)(S)OC[C@@]34CO[C@@H]([C@H](n5cnc6c(N)ncnc65)O3)[C@@H]4OP(O)(=S)OC[C@H]1O[C@H]2n1cnc2c(N)ncnc21. The maximum Gasteiger partial charge on any atom is 0.386 e. The maximum absolute atomic E-state index is 13.8. The maximum atomic E-state index is 13.8. The molecule has 0 spiro atoms. The second kappa shape index (κ2) is 10.6. The lowest BCUT2D eigenvalue weighted by atomic mass is 10.0. The molecule has 4 bridgehead atoms. The van der Waals surface area contributed by atoms with E-state index in [0.717, 1.165) is 0 Å². The van der Waals surface area contributed by atoms with Crippen LogP contribution in [0.4, 0.5) is 11.6 Å². The number of anilines is 2. The fourth-order valence-electron chi connectivity index (χ4n) is 6.12. The first-order valence-corrected chi connectivity index (χ1v) is 18.9. The van der Waals surface area contributed by atoms with Gasteiger partial charge >= 0.3 is 13.5 Å². The van der Waals surface area contributed by atoms with Crippen molar-refractivity contribution < 1.29 is 41.8 Å². The van der Waals surface area contributed by atoms with Crippen molar-refractivity contribution in [1.29, 1.82) is 0 Å². The van der Waals surface area contributed by atoms with E-state index in [1.807, 2.05) is 0 Å². The van der Waals surface area contributed by atoms with Crippen molar-refractivity contribution in [3.8, 4) is 0 Å². The van der Waals surface area contributed by atoms with Gasteiger partial charge in [0.25, 0.3) is 0 Å². The van der Waals surface area contributed by atoms with Gasteiger partial charge in [-0.15, -0.1) is 0 Å². The Hall–Kier alpha value is -2.39. The molecule has 5 N–H and O–H groups in total. The molecule has 10 atom stereocenters. The predicted molar refractivity (Wildman–Crippen MR) is 160 cm³/mol. The molecule has 4 fully saturated rings. The topological polar surface area (TPSA) is 241 Å². The lowest BCUT2D eigenvalue weighted by Gasteiger charge is -2.33. The Balaban J connectivity index is 1.14. The molecule has 45 heavy (non-hydrogen) atoms. The van der Waals surface area contributed by atoms with Crippen molar-refractivity contribution in [2.24, 2.45) is 5.92 Å². The van der Waals surface area contributed by atoms with E-state index in [9.17, 15) is 9.46 Å². The smallest absolute Gasteiger partial charge is 0.382 e. The number of nitrogens with two attached hydrogens (primary N) is 2. The summed E-state index contributed by atoms with van der Waals surface area (Å²) in [6.07, 6.45) is 0.269. The van der Waals surface area contributed by atoms with Crippen LogP contribution in [0.3, 0.4) is 0 Å².